The van der Waals surface area contributed by atoms with Gasteiger partial charge in [-0.2, -0.15) is 0 Å². The normalized spacial score (nSPS) is 13.3. The lowest BCUT2D eigenvalue weighted by atomic mass is 9.97. The Balaban J connectivity index is 2.41. The van der Waals surface area contributed by atoms with E-state index in [1.807, 2.05) is 13.8 Å². The second-order valence-electron chi connectivity index (χ2n) is 5.80. The Kier molecular flexibility index (Phi) is 6.79. The summed E-state index contributed by atoms with van der Waals surface area (Å²) in [5, 5.41) is 3.26. The highest BCUT2D eigenvalue weighted by Crippen LogP contribution is 2.29. The number of hydrogen-bond donors (Lipinski definition) is 1. The van der Waals surface area contributed by atoms with E-state index in [0.717, 1.165) is 6.29 Å². The van der Waals surface area contributed by atoms with Crippen LogP contribution in [0.25, 0.3) is 0 Å². The molecule has 0 saturated heterocycles. The number of ketones is 1. The molecular weight excluding hydrogens is 343 g/mol. The van der Waals surface area contributed by atoms with Gasteiger partial charge in [0, 0.05) is 30.3 Å². The number of benzene rings is 1. The molecule has 0 fully saturated rings. The molecule has 6 heteroatoms. The first kappa shape index (κ1) is 19.2. The van der Waals surface area contributed by atoms with E-state index in [0.29, 0.717) is 18.4 Å². The van der Waals surface area contributed by atoms with Crippen LogP contribution in [0, 0.1) is 5.82 Å². The number of hydrogen-bond acceptors (Lipinski definition) is 4. The minimum Gasteiger partial charge on any atom is -0.307 e. The monoisotopic (exact) mass is 362 g/mol. The highest BCUT2D eigenvalue weighted by molar-refractivity contribution is 6.35. The predicted octanol–water partition coefficient (Wildman–Crippen LogP) is 4.12. The maximum Gasteiger partial charge on any atom is 0.215 e. The van der Waals surface area contributed by atoms with Gasteiger partial charge in [0.05, 0.1) is 10.6 Å². The molecule has 0 amide bonds. The molecule has 1 aromatic heterocycles. The van der Waals surface area contributed by atoms with Gasteiger partial charge in [-0.05, 0) is 31.5 Å². The smallest absolute Gasteiger partial charge is 0.215 e. The third-order valence-corrected chi connectivity index (χ3v) is 4.28. The minimum absolute atomic E-state index is 0.0488. The van der Waals surface area contributed by atoms with E-state index in [9.17, 15) is 9.59 Å². The molecule has 0 aliphatic heterocycles. The van der Waals surface area contributed by atoms with E-state index >= 15 is 4.39 Å². The molecule has 0 unspecified atom stereocenters. The molecular formula is C19H20ClFN2O2. The Labute approximate surface area is 151 Å². The van der Waals surface area contributed by atoms with Crippen LogP contribution in [0.5, 0.6) is 0 Å². The average Bonchev–Trinajstić information content (AvgIpc) is 2.61. The van der Waals surface area contributed by atoms with Crippen molar-refractivity contribution < 1.29 is 14.0 Å². The SMILES string of the molecule is CC[C@@H](N[C@@H](C)CC=O)c1ccc(Cl)c(C(=O)c2ccccn2)c1F. The molecule has 1 heterocycles. The average molecular weight is 363 g/mol. The van der Waals surface area contributed by atoms with Gasteiger partial charge in [0.25, 0.3) is 0 Å². The van der Waals surface area contributed by atoms with Crippen LogP contribution in [-0.4, -0.2) is 23.1 Å². The maximum atomic E-state index is 15.1. The number of nitrogens with one attached hydrogen (secondary N) is 1. The van der Waals surface area contributed by atoms with E-state index in [1.165, 1.54) is 18.3 Å². The number of aldehydes is 1. The lowest BCUT2D eigenvalue weighted by Gasteiger charge is -2.23. The quantitative estimate of drug-likeness (QED) is 0.566. The van der Waals surface area contributed by atoms with Gasteiger partial charge >= 0.3 is 0 Å². The zero-order valence-electron chi connectivity index (χ0n) is 14.1. The highest BCUT2D eigenvalue weighted by atomic mass is 35.5. The van der Waals surface area contributed by atoms with Crippen molar-refractivity contribution in [1.82, 2.24) is 10.3 Å². The molecule has 2 rings (SSSR count). The van der Waals surface area contributed by atoms with Gasteiger partial charge in [0.1, 0.15) is 17.8 Å². The molecule has 0 aliphatic rings. The van der Waals surface area contributed by atoms with E-state index in [2.05, 4.69) is 10.3 Å². The summed E-state index contributed by atoms with van der Waals surface area (Å²) in [5.41, 5.74) is 0.306. The Bertz CT molecular complexity index is 753. The first-order chi connectivity index (χ1) is 12.0. The van der Waals surface area contributed by atoms with Crippen LogP contribution in [0.3, 0.4) is 0 Å². The lowest BCUT2D eigenvalue weighted by molar-refractivity contribution is -0.108. The number of nitrogens with zero attached hydrogens (tertiary/aromatic N) is 1. The Morgan fingerprint density at radius 3 is 2.72 bits per heavy atom. The van der Waals surface area contributed by atoms with Gasteiger partial charge < -0.3 is 10.1 Å². The van der Waals surface area contributed by atoms with Gasteiger partial charge in [0.15, 0.2) is 0 Å². The summed E-state index contributed by atoms with van der Waals surface area (Å²) < 4.78 is 15.1. The minimum atomic E-state index is -0.652. The van der Waals surface area contributed by atoms with Crippen molar-refractivity contribution in [3.63, 3.8) is 0 Å². The van der Waals surface area contributed by atoms with E-state index in [-0.39, 0.29) is 28.4 Å². The highest BCUT2D eigenvalue weighted by Gasteiger charge is 2.25. The summed E-state index contributed by atoms with van der Waals surface area (Å²) in [6.07, 6.45) is 3.21. The summed E-state index contributed by atoms with van der Waals surface area (Å²) in [7, 11) is 0. The molecule has 0 aliphatic carbocycles. The molecule has 2 atom stereocenters. The molecule has 0 spiro atoms. The van der Waals surface area contributed by atoms with Gasteiger partial charge in [-0.1, -0.05) is 30.7 Å². The third-order valence-electron chi connectivity index (χ3n) is 3.96. The zero-order valence-corrected chi connectivity index (χ0v) is 14.9. The van der Waals surface area contributed by atoms with Crippen LogP contribution in [-0.2, 0) is 4.79 Å². The van der Waals surface area contributed by atoms with Crippen molar-refractivity contribution in [3.05, 3.63) is 64.2 Å². The van der Waals surface area contributed by atoms with Gasteiger partial charge in [-0.3, -0.25) is 9.78 Å². The van der Waals surface area contributed by atoms with Crippen LogP contribution < -0.4 is 5.32 Å². The van der Waals surface area contributed by atoms with Crippen LogP contribution in [0.2, 0.25) is 5.02 Å². The van der Waals surface area contributed by atoms with Gasteiger partial charge in [-0.15, -0.1) is 0 Å². The molecule has 4 nitrogen and oxygen atoms in total. The fraction of sp³-hybridized carbons (Fsp3) is 0.316. The molecule has 25 heavy (non-hydrogen) atoms. The van der Waals surface area contributed by atoms with Crippen molar-refractivity contribution in [2.24, 2.45) is 0 Å². The summed E-state index contributed by atoms with van der Waals surface area (Å²) in [6, 6.07) is 7.51. The largest absolute Gasteiger partial charge is 0.307 e. The standard InChI is InChI=1S/C19H20ClFN2O2/c1-3-15(23-12(2)9-11-24)13-7-8-14(20)17(18(13)21)19(25)16-6-4-5-10-22-16/h4-8,10-12,15,23H,3,9H2,1-2H3/t12-,15+/m0/s1. The summed E-state index contributed by atoms with van der Waals surface area (Å²) >= 11 is 6.09. The topological polar surface area (TPSA) is 59.1 Å². The predicted molar refractivity (Wildman–Crippen MR) is 95.4 cm³/mol. The van der Waals surface area contributed by atoms with Crippen molar-refractivity contribution >= 4 is 23.7 Å². The maximum absolute atomic E-state index is 15.1. The van der Waals surface area contributed by atoms with Crippen LogP contribution in [0.4, 0.5) is 4.39 Å². The van der Waals surface area contributed by atoms with E-state index < -0.39 is 11.6 Å². The molecule has 1 N–H and O–H groups in total. The molecule has 1 aromatic carbocycles. The van der Waals surface area contributed by atoms with Crippen LogP contribution >= 0.6 is 11.6 Å². The number of rotatable bonds is 8. The first-order valence-electron chi connectivity index (χ1n) is 8.12. The molecule has 0 saturated carbocycles. The number of halogens is 2. The zero-order chi connectivity index (χ0) is 18.4. The van der Waals surface area contributed by atoms with E-state index in [4.69, 9.17) is 11.6 Å². The Morgan fingerprint density at radius 1 is 1.36 bits per heavy atom. The van der Waals surface area contributed by atoms with Gasteiger partial charge in [-0.25, -0.2) is 4.39 Å². The van der Waals surface area contributed by atoms with Crippen molar-refractivity contribution in [2.45, 2.75) is 38.8 Å². The molecule has 0 bridgehead atoms. The second kappa shape index (κ2) is 8.83. The van der Waals surface area contributed by atoms with Crippen LogP contribution in [0.15, 0.2) is 36.5 Å². The lowest BCUT2D eigenvalue weighted by Crippen LogP contribution is -2.31. The van der Waals surface area contributed by atoms with E-state index in [1.54, 1.807) is 18.2 Å². The van der Waals surface area contributed by atoms with Crippen molar-refractivity contribution in [1.29, 1.82) is 0 Å². The fourth-order valence-corrected chi connectivity index (χ4v) is 2.89. The van der Waals surface area contributed by atoms with Crippen LogP contribution in [0.1, 0.15) is 54.3 Å². The first-order valence-corrected chi connectivity index (χ1v) is 8.50. The van der Waals surface area contributed by atoms with Gasteiger partial charge in [0.2, 0.25) is 5.78 Å². The Morgan fingerprint density at radius 2 is 2.12 bits per heavy atom. The Hall–Kier alpha value is -2.11. The van der Waals surface area contributed by atoms with Crippen molar-refractivity contribution in [3.8, 4) is 0 Å². The third kappa shape index (κ3) is 4.50. The molecule has 2 aromatic rings. The number of carbonyl (C=O) groups is 2. The number of carbonyl (C=O) groups excluding carboxylic acids is 2. The summed E-state index contributed by atoms with van der Waals surface area (Å²) in [6.45, 7) is 3.75. The molecule has 0 radical (unpaired) electrons. The van der Waals surface area contributed by atoms with Crippen molar-refractivity contribution in [2.75, 3.05) is 0 Å². The number of aromatic nitrogens is 1. The number of pyridine rings is 1. The second-order valence-corrected chi connectivity index (χ2v) is 6.21. The summed E-state index contributed by atoms with van der Waals surface area (Å²) in [4.78, 5) is 27.2. The summed E-state index contributed by atoms with van der Waals surface area (Å²) in [5.74, 6) is -1.21. The molecule has 132 valence electrons. The fourth-order valence-electron chi connectivity index (χ4n) is 2.65.